The second-order valence-corrected chi connectivity index (χ2v) is 4.73. The summed E-state index contributed by atoms with van der Waals surface area (Å²) >= 11 is 5.99. The van der Waals surface area contributed by atoms with Gasteiger partial charge in [-0.2, -0.15) is 0 Å². The Hall–Kier alpha value is -0.930. The maximum absolute atomic E-state index is 5.99. The normalized spacial score (nSPS) is 12.6. The summed E-state index contributed by atoms with van der Waals surface area (Å²) in [5.74, 6) is 1.25. The minimum Gasteiger partial charge on any atom is -0.495 e. The highest BCUT2D eigenvalue weighted by atomic mass is 35.5. The summed E-state index contributed by atoms with van der Waals surface area (Å²) in [5.41, 5.74) is 0.899. The molecule has 1 N–H and O–H groups in total. The summed E-state index contributed by atoms with van der Waals surface area (Å²) in [6.07, 6.45) is 0. The monoisotopic (exact) mass is 257 g/mol. The van der Waals surface area contributed by atoms with Gasteiger partial charge in [-0.1, -0.05) is 25.4 Å². The number of nitrogens with one attached hydrogen (secondary N) is 1. The highest BCUT2D eigenvalue weighted by molar-refractivity contribution is 6.30. The van der Waals surface area contributed by atoms with Gasteiger partial charge in [0.15, 0.2) is 0 Å². The van der Waals surface area contributed by atoms with E-state index in [1.165, 1.54) is 0 Å². The van der Waals surface area contributed by atoms with Crippen molar-refractivity contribution < 1.29 is 9.47 Å². The third-order valence-corrected chi connectivity index (χ3v) is 2.89. The first-order chi connectivity index (χ1) is 8.08. The number of benzene rings is 1. The Bertz CT molecular complexity index is 355. The summed E-state index contributed by atoms with van der Waals surface area (Å²) in [6, 6.07) is 5.76. The Morgan fingerprint density at radius 2 is 2.00 bits per heavy atom. The zero-order valence-electron chi connectivity index (χ0n) is 10.8. The molecule has 0 saturated carbocycles. The quantitative estimate of drug-likeness (QED) is 0.847. The van der Waals surface area contributed by atoms with Gasteiger partial charge in [0.2, 0.25) is 0 Å². The van der Waals surface area contributed by atoms with Crippen molar-refractivity contribution in [1.82, 2.24) is 0 Å². The number of ether oxygens (including phenoxy) is 2. The molecule has 0 aromatic heterocycles. The summed E-state index contributed by atoms with van der Waals surface area (Å²) < 4.78 is 10.5. The lowest BCUT2D eigenvalue weighted by molar-refractivity contribution is 0.171. The van der Waals surface area contributed by atoms with Crippen LogP contribution in [0.4, 0.5) is 5.69 Å². The molecule has 0 aliphatic rings. The molecule has 0 amide bonds. The van der Waals surface area contributed by atoms with Crippen molar-refractivity contribution in [2.75, 3.05) is 26.1 Å². The zero-order chi connectivity index (χ0) is 12.8. The molecule has 0 radical (unpaired) electrons. The molecule has 0 aliphatic carbocycles. The Morgan fingerprint density at radius 1 is 1.29 bits per heavy atom. The molecule has 3 nitrogen and oxygen atoms in total. The Morgan fingerprint density at radius 3 is 2.53 bits per heavy atom. The fourth-order valence-corrected chi connectivity index (χ4v) is 1.75. The number of methoxy groups -OCH3 is 2. The van der Waals surface area contributed by atoms with Crippen molar-refractivity contribution in [2.45, 2.75) is 19.9 Å². The van der Waals surface area contributed by atoms with Crippen molar-refractivity contribution in [1.29, 1.82) is 0 Å². The van der Waals surface area contributed by atoms with Crippen LogP contribution in [0.1, 0.15) is 13.8 Å². The van der Waals surface area contributed by atoms with Gasteiger partial charge in [-0.15, -0.1) is 0 Å². The van der Waals surface area contributed by atoms with Crippen LogP contribution in [0, 0.1) is 5.92 Å². The van der Waals surface area contributed by atoms with E-state index in [-0.39, 0.29) is 6.04 Å². The van der Waals surface area contributed by atoms with Crippen LogP contribution >= 0.6 is 11.6 Å². The molecule has 0 heterocycles. The molecule has 96 valence electrons. The van der Waals surface area contributed by atoms with Crippen LogP contribution in [0.3, 0.4) is 0 Å². The van der Waals surface area contributed by atoms with E-state index in [4.69, 9.17) is 21.1 Å². The lowest BCUT2D eigenvalue weighted by Crippen LogP contribution is -2.30. The average molecular weight is 258 g/mol. The topological polar surface area (TPSA) is 30.5 Å². The smallest absolute Gasteiger partial charge is 0.142 e. The summed E-state index contributed by atoms with van der Waals surface area (Å²) in [6.45, 7) is 4.94. The van der Waals surface area contributed by atoms with Crippen LogP contribution in [-0.4, -0.2) is 26.9 Å². The van der Waals surface area contributed by atoms with Gasteiger partial charge in [-0.25, -0.2) is 0 Å². The summed E-state index contributed by atoms with van der Waals surface area (Å²) in [7, 11) is 3.35. The van der Waals surface area contributed by atoms with Crippen molar-refractivity contribution in [3.05, 3.63) is 23.2 Å². The molecule has 0 bridgehead atoms. The van der Waals surface area contributed by atoms with Gasteiger partial charge in [0, 0.05) is 12.1 Å². The van der Waals surface area contributed by atoms with Crippen molar-refractivity contribution in [3.63, 3.8) is 0 Å². The van der Waals surface area contributed by atoms with E-state index in [0.717, 1.165) is 11.4 Å². The van der Waals surface area contributed by atoms with Gasteiger partial charge in [-0.05, 0) is 24.1 Å². The van der Waals surface area contributed by atoms with E-state index in [1.807, 2.05) is 18.2 Å². The first-order valence-electron chi connectivity index (χ1n) is 5.67. The van der Waals surface area contributed by atoms with Gasteiger partial charge in [0.05, 0.1) is 25.4 Å². The Kier molecular flexibility index (Phi) is 5.59. The lowest BCUT2D eigenvalue weighted by atomic mass is 10.0. The molecule has 0 spiro atoms. The molecule has 1 rings (SSSR count). The second-order valence-electron chi connectivity index (χ2n) is 4.29. The molecule has 0 saturated heterocycles. The maximum Gasteiger partial charge on any atom is 0.142 e. The highest BCUT2D eigenvalue weighted by Crippen LogP contribution is 2.29. The Labute approximate surface area is 108 Å². The standard InChI is InChI=1S/C13H20ClNO2/c1-9(2)12(8-16-3)15-11-7-10(14)5-6-13(11)17-4/h5-7,9,12,15H,8H2,1-4H3. The van der Waals surface area contributed by atoms with Gasteiger partial charge in [0.25, 0.3) is 0 Å². The predicted molar refractivity (Wildman–Crippen MR) is 72.1 cm³/mol. The van der Waals surface area contributed by atoms with Gasteiger partial charge >= 0.3 is 0 Å². The molecule has 0 aliphatic heterocycles. The highest BCUT2D eigenvalue weighted by Gasteiger charge is 2.15. The van der Waals surface area contributed by atoms with Crippen LogP contribution in [0.2, 0.25) is 5.02 Å². The first-order valence-corrected chi connectivity index (χ1v) is 6.05. The molecular weight excluding hydrogens is 238 g/mol. The van der Waals surface area contributed by atoms with E-state index < -0.39 is 0 Å². The van der Waals surface area contributed by atoms with Crippen LogP contribution in [-0.2, 0) is 4.74 Å². The fourth-order valence-electron chi connectivity index (χ4n) is 1.57. The van der Waals surface area contributed by atoms with E-state index in [9.17, 15) is 0 Å². The molecule has 4 heteroatoms. The van der Waals surface area contributed by atoms with E-state index in [2.05, 4.69) is 19.2 Å². The van der Waals surface area contributed by atoms with E-state index in [1.54, 1.807) is 14.2 Å². The predicted octanol–water partition coefficient (Wildman–Crippen LogP) is 3.43. The van der Waals surface area contributed by atoms with Crippen molar-refractivity contribution >= 4 is 17.3 Å². The number of anilines is 1. The SMILES string of the molecule is COCC(Nc1cc(Cl)ccc1OC)C(C)C. The molecule has 17 heavy (non-hydrogen) atoms. The molecular formula is C13H20ClNO2. The summed E-state index contributed by atoms with van der Waals surface area (Å²) in [5, 5.41) is 4.09. The fraction of sp³-hybridized carbons (Fsp3) is 0.538. The van der Waals surface area contributed by atoms with Crippen LogP contribution < -0.4 is 10.1 Å². The van der Waals surface area contributed by atoms with E-state index in [0.29, 0.717) is 17.5 Å². The number of halogens is 1. The van der Waals surface area contributed by atoms with Crippen molar-refractivity contribution in [2.24, 2.45) is 5.92 Å². The number of hydrogen-bond acceptors (Lipinski definition) is 3. The van der Waals surface area contributed by atoms with Crippen LogP contribution in [0.5, 0.6) is 5.75 Å². The van der Waals surface area contributed by atoms with Crippen molar-refractivity contribution in [3.8, 4) is 5.75 Å². The Balaban J connectivity index is 2.87. The maximum atomic E-state index is 5.99. The lowest BCUT2D eigenvalue weighted by Gasteiger charge is -2.24. The van der Waals surface area contributed by atoms with Crippen LogP contribution in [0.15, 0.2) is 18.2 Å². The molecule has 1 aromatic rings. The average Bonchev–Trinajstić information content (AvgIpc) is 2.28. The second kappa shape index (κ2) is 6.72. The number of hydrogen-bond donors (Lipinski definition) is 1. The van der Waals surface area contributed by atoms with Gasteiger partial charge in [-0.3, -0.25) is 0 Å². The third kappa shape index (κ3) is 4.10. The van der Waals surface area contributed by atoms with Crippen LogP contribution in [0.25, 0.3) is 0 Å². The summed E-state index contributed by atoms with van der Waals surface area (Å²) in [4.78, 5) is 0. The minimum atomic E-state index is 0.229. The first kappa shape index (κ1) is 14.1. The number of rotatable bonds is 6. The molecule has 0 fully saturated rings. The van der Waals surface area contributed by atoms with Gasteiger partial charge < -0.3 is 14.8 Å². The molecule has 1 atom stereocenters. The minimum absolute atomic E-state index is 0.229. The molecule has 1 unspecified atom stereocenters. The van der Waals surface area contributed by atoms with Gasteiger partial charge in [0.1, 0.15) is 5.75 Å². The third-order valence-electron chi connectivity index (χ3n) is 2.65. The zero-order valence-corrected chi connectivity index (χ0v) is 11.5. The largest absolute Gasteiger partial charge is 0.495 e. The molecule has 1 aromatic carbocycles. The van der Waals surface area contributed by atoms with E-state index >= 15 is 0 Å².